The fourth-order valence-electron chi connectivity index (χ4n) is 2.44. The van der Waals surface area contributed by atoms with Crippen LogP contribution in [-0.4, -0.2) is 36.3 Å². The molecule has 2 aromatic heterocycles. The van der Waals surface area contributed by atoms with Gasteiger partial charge < -0.3 is 9.67 Å². The van der Waals surface area contributed by atoms with Gasteiger partial charge in [-0.3, -0.25) is 0 Å². The average molecular weight is 283 g/mol. The number of aromatic amines is 1. The Hall–Kier alpha value is -2.96. The molecule has 0 aliphatic heterocycles. The Morgan fingerprint density at radius 3 is 2.71 bits per heavy atom. The lowest BCUT2D eigenvalue weighted by Crippen LogP contribution is -2.02. The summed E-state index contributed by atoms with van der Waals surface area (Å²) < 4.78 is 1.90. The first kappa shape index (κ1) is 13.0. The summed E-state index contributed by atoms with van der Waals surface area (Å²) in [5.41, 5.74) is 3.52. The number of carbonyl (C=O) groups is 1. The van der Waals surface area contributed by atoms with Gasteiger partial charge in [-0.1, -0.05) is 12.1 Å². The summed E-state index contributed by atoms with van der Waals surface area (Å²) >= 11 is 0. The molecule has 0 fully saturated rings. The van der Waals surface area contributed by atoms with Gasteiger partial charge in [-0.25, -0.2) is 4.79 Å². The van der Waals surface area contributed by atoms with Crippen molar-refractivity contribution in [2.45, 2.75) is 13.8 Å². The predicted molar refractivity (Wildman–Crippen MR) is 75.4 cm³/mol. The minimum absolute atomic E-state index is 0.303. The molecular weight excluding hydrogens is 270 g/mol. The molecule has 2 N–H and O–H groups in total. The number of nitrogens with one attached hydrogen (secondary N) is 1. The largest absolute Gasteiger partial charge is 0.478 e. The lowest BCUT2D eigenvalue weighted by molar-refractivity contribution is 0.0696. The fourth-order valence-corrected chi connectivity index (χ4v) is 2.44. The summed E-state index contributed by atoms with van der Waals surface area (Å²) in [5, 5.41) is 23.1. The van der Waals surface area contributed by atoms with Crippen LogP contribution in [0.2, 0.25) is 0 Å². The Bertz CT molecular complexity index is 805. The van der Waals surface area contributed by atoms with E-state index in [-0.39, 0.29) is 0 Å². The molecule has 0 atom stereocenters. The predicted octanol–water partition coefficient (Wildman–Crippen LogP) is 1.97. The van der Waals surface area contributed by atoms with Crippen LogP contribution in [0.15, 0.2) is 30.3 Å². The van der Waals surface area contributed by atoms with Crippen LogP contribution in [0.4, 0.5) is 0 Å². The number of carboxylic acids is 1. The van der Waals surface area contributed by atoms with Gasteiger partial charge in [0.2, 0.25) is 5.82 Å². The highest BCUT2D eigenvalue weighted by atomic mass is 16.4. The van der Waals surface area contributed by atoms with E-state index in [9.17, 15) is 9.90 Å². The molecule has 7 nitrogen and oxygen atoms in total. The third kappa shape index (κ3) is 2.18. The monoisotopic (exact) mass is 283 g/mol. The summed E-state index contributed by atoms with van der Waals surface area (Å²) in [6.45, 7) is 3.66. The van der Waals surface area contributed by atoms with Crippen LogP contribution in [-0.2, 0) is 0 Å². The zero-order valence-corrected chi connectivity index (χ0v) is 11.5. The highest BCUT2D eigenvalue weighted by molar-refractivity contribution is 5.89. The van der Waals surface area contributed by atoms with E-state index in [0.29, 0.717) is 17.1 Å². The molecule has 3 rings (SSSR count). The Morgan fingerprint density at radius 1 is 1.29 bits per heavy atom. The fraction of sp³-hybridized carbons (Fsp3) is 0.143. The number of benzene rings is 1. The van der Waals surface area contributed by atoms with Crippen LogP contribution >= 0.6 is 0 Å². The number of carboxylic acid groups (broad SMARTS) is 1. The quantitative estimate of drug-likeness (QED) is 0.766. The second kappa shape index (κ2) is 4.86. The van der Waals surface area contributed by atoms with Crippen molar-refractivity contribution in [1.29, 1.82) is 0 Å². The normalized spacial score (nSPS) is 10.8. The van der Waals surface area contributed by atoms with Crippen molar-refractivity contribution in [1.82, 2.24) is 25.2 Å². The highest BCUT2D eigenvalue weighted by Crippen LogP contribution is 2.24. The van der Waals surface area contributed by atoms with E-state index >= 15 is 0 Å². The Morgan fingerprint density at radius 2 is 2.10 bits per heavy atom. The molecule has 0 amide bonds. The maximum absolute atomic E-state index is 11.2. The highest BCUT2D eigenvalue weighted by Gasteiger charge is 2.16. The molecule has 0 unspecified atom stereocenters. The van der Waals surface area contributed by atoms with Gasteiger partial charge in [0.05, 0.1) is 5.56 Å². The van der Waals surface area contributed by atoms with Crippen LogP contribution < -0.4 is 0 Å². The second-order valence-corrected chi connectivity index (χ2v) is 4.71. The summed E-state index contributed by atoms with van der Waals surface area (Å²) in [7, 11) is 0. The number of tetrazole rings is 1. The van der Waals surface area contributed by atoms with E-state index in [0.717, 1.165) is 16.9 Å². The maximum Gasteiger partial charge on any atom is 0.337 e. The van der Waals surface area contributed by atoms with E-state index in [1.807, 2.05) is 35.8 Å². The van der Waals surface area contributed by atoms with Crippen LogP contribution in [0, 0.1) is 13.8 Å². The zero-order chi connectivity index (χ0) is 15.0. The molecule has 0 aliphatic rings. The molecule has 0 bridgehead atoms. The van der Waals surface area contributed by atoms with Gasteiger partial charge in [0.15, 0.2) is 0 Å². The van der Waals surface area contributed by atoms with Gasteiger partial charge in [0.1, 0.15) is 0 Å². The van der Waals surface area contributed by atoms with Crippen molar-refractivity contribution in [2.24, 2.45) is 0 Å². The molecule has 2 heterocycles. The van der Waals surface area contributed by atoms with Crippen LogP contribution in [0.5, 0.6) is 0 Å². The van der Waals surface area contributed by atoms with Crippen LogP contribution in [0.1, 0.15) is 21.7 Å². The van der Waals surface area contributed by atoms with Crippen LogP contribution in [0.3, 0.4) is 0 Å². The van der Waals surface area contributed by atoms with Crippen molar-refractivity contribution < 1.29 is 9.90 Å². The molecule has 0 saturated heterocycles. The summed E-state index contributed by atoms with van der Waals surface area (Å²) in [4.78, 5) is 11.2. The minimum Gasteiger partial charge on any atom is -0.478 e. The number of nitrogens with zero attached hydrogens (tertiary/aromatic N) is 4. The number of H-pyrrole nitrogens is 1. The summed E-state index contributed by atoms with van der Waals surface area (Å²) in [5.74, 6) is -0.429. The number of hydrogen-bond acceptors (Lipinski definition) is 4. The zero-order valence-electron chi connectivity index (χ0n) is 11.5. The van der Waals surface area contributed by atoms with Gasteiger partial charge in [-0.05, 0) is 37.3 Å². The standard InChI is InChI=1S/C14H13N5O2/c1-8-6-12(14(20)21)9(2)19(8)11-5-3-4-10(7-11)13-15-17-18-16-13/h3-7H,1-2H3,(H,20,21)(H,15,16,17,18). The number of aromatic nitrogens is 5. The molecule has 0 spiro atoms. The van der Waals surface area contributed by atoms with Crippen molar-refractivity contribution in [3.63, 3.8) is 0 Å². The van der Waals surface area contributed by atoms with Gasteiger partial charge in [0.25, 0.3) is 0 Å². The molecule has 0 radical (unpaired) electrons. The van der Waals surface area contributed by atoms with Gasteiger partial charge in [-0.2, -0.15) is 5.21 Å². The summed E-state index contributed by atoms with van der Waals surface area (Å²) in [6, 6.07) is 9.23. The van der Waals surface area contributed by atoms with Crippen molar-refractivity contribution in [3.8, 4) is 17.1 Å². The lowest BCUT2D eigenvalue weighted by Gasteiger charge is -2.10. The van der Waals surface area contributed by atoms with E-state index in [4.69, 9.17) is 0 Å². The molecule has 21 heavy (non-hydrogen) atoms. The Balaban J connectivity index is 2.14. The smallest absolute Gasteiger partial charge is 0.337 e. The molecule has 0 aliphatic carbocycles. The van der Waals surface area contributed by atoms with Gasteiger partial charge in [-0.15, -0.1) is 10.2 Å². The number of hydrogen-bond donors (Lipinski definition) is 2. The van der Waals surface area contributed by atoms with Crippen LogP contribution in [0.25, 0.3) is 17.1 Å². The van der Waals surface area contributed by atoms with Crippen molar-refractivity contribution in [2.75, 3.05) is 0 Å². The first-order valence-electron chi connectivity index (χ1n) is 6.34. The summed E-state index contributed by atoms with van der Waals surface area (Å²) in [6.07, 6.45) is 0. The van der Waals surface area contributed by atoms with E-state index < -0.39 is 5.97 Å². The minimum atomic E-state index is -0.927. The first-order chi connectivity index (χ1) is 10.1. The molecule has 7 heteroatoms. The van der Waals surface area contributed by atoms with E-state index in [1.165, 1.54) is 0 Å². The number of aryl methyl sites for hydroxylation is 1. The van der Waals surface area contributed by atoms with Gasteiger partial charge >= 0.3 is 5.97 Å². The first-order valence-corrected chi connectivity index (χ1v) is 6.34. The SMILES string of the molecule is Cc1cc(C(=O)O)c(C)n1-c1cccc(-c2nn[nH]n2)c1. The maximum atomic E-state index is 11.2. The van der Waals surface area contributed by atoms with Crippen molar-refractivity contribution >= 4 is 5.97 Å². The lowest BCUT2D eigenvalue weighted by atomic mass is 10.2. The molecule has 1 aromatic carbocycles. The molecule has 106 valence electrons. The number of rotatable bonds is 3. The number of aromatic carboxylic acids is 1. The second-order valence-electron chi connectivity index (χ2n) is 4.71. The third-order valence-corrected chi connectivity index (χ3v) is 3.37. The van der Waals surface area contributed by atoms with Gasteiger partial charge in [0, 0.05) is 22.6 Å². The van der Waals surface area contributed by atoms with E-state index in [1.54, 1.807) is 13.0 Å². The Kier molecular flexibility index (Phi) is 3.02. The van der Waals surface area contributed by atoms with E-state index in [2.05, 4.69) is 20.6 Å². The molecule has 0 saturated carbocycles. The molecule has 3 aromatic rings. The van der Waals surface area contributed by atoms with Crippen molar-refractivity contribution in [3.05, 3.63) is 47.3 Å². The third-order valence-electron chi connectivity index (χ3n) is 3.37. The Labute approximate surface area is 120 Å². The average Bonchev–Trinajstić information content (AvgIpc) is 3.07. The molecular formula is C14H13N5O2. The topological polar surface area (TPSA) is 96.7 Å².